The first-order valence-corrected chi connectivity index (χ1v) is 4.01. The Bertz CT molecular complexity index is 316. The van der Waals surface area contributed by atoms with Gasteiger partial charge >= 0.3 is 18.3 Å². The molecule has 6 nitrogen and oxygen atoms in total. The van der Waals surface area contributed by atoms with Gasteiger partial charge in [0.05, 0.1) is 0 Å². The van der Waals surface area contributed by atoms with Crippen LogP contribution in [-0.4, -0.2) is 57.7 Å². The van der Waals surface area contributed by atoms with Crippen LogP contribution in [0.4, 0.5) is 0 Å². The minimum Gasteiger partial charge on any atom is -0.477 e. The monoisotopic (exact) mass is 200 g/mol. The highest BCUT2D eigenvalue weighted by Crippen LogP contribution is 2.09. The molecule has 0 unspecified atom stereocenters. The summed E-state index contributed by atoms with van der Waals surface area (Å²) in [5.74, 6) is -2.05. The van der Waals surface area contributed by atoms with Crippen molar-refractivity contribution in [3.8, 4) is 0 Å². The van der Waals surface area contributed by atoms with Crippen molar-refractivity contribution < 1.29 is 28.9 Å². The summed E-state index contributed by atoms with van der Waals surface area (Å²) >= 11 is 0. The molecule has 0 bridgehead atoms. The Morgan fingerprint density at radius 2 is 1.79 bits per heavy atom. The molecule has 14 heavy (non-hydrogen) atoms. The predicted octanol–water partition coefficient (Wildman–Crippen LogP) is -0.872. The van der Waals surface area contributed by atoms with Crippen LogP contribution in [0.5, 0.6) is 0 Å². The molecule has 0 saturated carbocycles. The van der Waals surface area contributed by atoms with Gasteiger partial charge in [-0.15, -0.1) is 0 Å². The van der Waals surface area contributed by atoms with Crippen LogP contribution >= 0.6 is 0 Å². The Morgan fingerprint density at radius 1 is 1.29 bits per heavy atom. The third kappa shape index (κ3) is 2.40. The first-order chi connectivity index (χ1) is 6.43. The van der Waals surface area contributed by atoms with Crippen LogP contribution in [0.1, 0.15) is 0 Å². The lowest BCUT2D eigenvalue weighted by Crippen LogP contribution is -2.48. The second-order valence-electron chi connectivity index (χ2n) is 3.29. The fourth-order valence-corrected chi connectivity index (χ4v) is 1.42. The van der Waals surface area contributed by atoms with Crippen molar-refractivity contribution in [3.05, 3.63) is 12.4 Å². The van der Waals surface area contributed by atoms with E-state index in [-0.39, 0.29) is 17.6 Å². The highest BCUT2D eigenvalue weighted by molar-refractivity contribution is 5.73. The molecule has 1 aliphatic rings. The van der Waals surface area contributed by atoms with E-state index < -0.39 is 11.9 Å². The summed E-state index contributed by atoms with van der Waals surface area (Å²) in [7, 11) is 1.72. The Morgan fingerprint density at radius 3 is 2.07 bits per heavy atom. The molecule has 1 aliphatic heterocycles. The van der Waals surface area contributed by atoms with Gasteiger partial charge in [-0.3, -0.25) is 0 Å². The molecule has 1 heterocycles. The quantitative estimate of drug-likeness (QED) is 0.456. The average Bonchev–Trinajstić information content (AvgIpc) is 2.28. The Hall–Kier alpha value is -1.69. The summed E-state index contributed by atoms with van der Waals surface area (Å²) in [4.78, 5) is 21.1. The van der Waals surface area contributed by atoms with Gasteiger partial charge in [0.15, 0.2) is 19.3 Å². The second kappa shape index (κ2) is 3.59. The lowest BCUT2D eigenvalue weighted by atomic mass is 10.4. The van der Waals surface area contributed by atoms with Crippen molar-refractivity contribution in [2.75, 3.05) is 20.1 Å². The van der Waals surface area contributed by atoms with Crippen LogP contribution in [0.3, 0.4) is 0 Å². The van der Waals surface area contributed by atoms with Crippen molar-refractivity contribution in [2.45, 2.75) is 0 Å². The fraction of sp³-hybridized carbons (Fsp3) is 0.375. The van der Waals surface area contributed by atoms with E-state index in [2.05, 4.69) is 0 Å². The minimum absolute atomic E-state index is 0.179. The largest absolute Gasteiger partial charge is 0.477 e. The molecule has 0 aromatic heterocycles. The molecule has 2 N–H and O–H groups in total. The lowest BCUT2D eigenvalue weighted by Gasteiger charge is -2.19. The number of aliphatic carboxylic acids is 2. The van der Waals surface area contributed by atoms with Gasteiger partial charge in [0.2, 0.25) is 6.20 Å². The number of carboxylic acids is 2. The number of quaternary nitrogens is 1. The van der Waals surface area contributed by atoms with Crippen molar-refractivity contribution in [1.82, 2.24) is 0 Å². The van der Waals surface area contributed by atoms with Crippen LogP contribution in [0.15, 0.2) is 12.4 Å². The maximum atomic E-state index is 10.6. The number of rotatable bonds is 4. The summed E-state index contributed by atoms with van der Waals surface area (Å²) in [6, 6.07) is 0. The van der Waals surface area contributed by atoms with E-state index in [1.54, 1.807) is 30.4 Å². The number of hydrogen-bond donors (Lipinski definition) is 2. The van der Waals surface area contributed by atoms with E-state index in [1.807, 2.05) is 0 Å². The Balaban J connectivity index is 2.87. The zero-order chi connectivity index (χ0) is 10.8. The first-order valence-electron chi connectivity index (χ1n) is 4.01. The van der Waals surface area contributed by atoms with E-state index in [1.165, 1.54) is 0 Å². The zero-order valence-electron chi connectivity index (χ0n) is 7.75. The lowest BCUT2D eigenvalue weighted by molar-refractivity contribution is -0.773. The normalized spacial score (nSPS) is 17.9. The van der Waals surface area contributed by atoms with Crippen molar-refractivity contribution in [1.29, 1.82) is 0 Å². The molecule has 0 aromatic carbocycles. The van der Waals surface area contributed by atoms with Crippen LogP contribution in [0, 0.1) is 0 Å². The SMILES string of the molecule is C[N+]1=C[N+](CC(=O)O)(CC(=O)O)C=C1. The van der Waals surface area contributed by atoms with Gasteiger partial charge in [-0.05, 0) is 0 Å². The third-order valence-corrected chi connectivity index (χ3v) is 1.87. The van der Waals surface area contributed by atoms with Crippen molar-refractivity contribution >= 4 is 18.3 Å². The smallest absolute Gasteiger partial charge is 0.360 e. The molecule has 0 radical (unpaired) electrons. The topological polar surface area (TPSA) is 77.6 Å². The molecular weight excluding hydrogens is 188 g/mol. The summed E-state index contributed by atoms with van der Waals surface area (Å²) in [5.41, 5.74) is 0. The predicted molar refractivity (Wildman–Crippen MR) is 46.7 cm³/mol. The highest BCUT2D eigenvalue weighted by atomic mass is 16.4. The van der Waals surface area contributed by atoms with Gasteiger partial charge in [-0.1, -0.05) is 0 Å². The van der Waals surface area contributed by atoms with Gasteiger partial charge < -0.3 is 10.2 Å². The number of carbonyl (C=O) groups is 2. The molecule has 0 fully saturated rings. The second-order valence-corrected chi connectivity index (χ2v) is 3.29. The molecule has 0 saturated heterocycles. The van der Waals surface area contributed by atoms with Crippen LogP contribution in [0.25, 0.3) is 0 Å². The number of carboxylic acid groups (broad SMARTS) is 2. The molecule has 76 valence electrons. The average molecular weight is 200 g/mol. The van der Waals surface area contributed by atoms with Crippen molar-refractivity contribution in [3.63, 3.8) is 0 Å². The van der Waals surface area contributed by atoms with Crippen LogP contribution in [-0.2, 0) is 9.59 Å². The fourth-order valence-electron chi connectivity index (χ4n) is 1.42. The standard InChI is InChI=1S/C8H10N2O4/c1-9-2-3-10(6-9,4-7(11)12)5-8(13)14/h2-3,6H,4-5H2,1H3/p+2. The van der Waals surface area contributed by atoms with Gasteiger partial charge in [0, 0.05) is 0 Å². The van der Waals surface area contributed by atoms with Gasteiger partial charge in [-0.2, -0.15) is 9.06 Å². The summed E-state index contributed by atoms with van der Waals surface area (Å²) in [6.07, 6.45) is 4.76. The number of hydrogen-bond acceptors (Lipinski definition) is 2. The van der Waals surface area contributed by atoms with Gasteiger partial charge in [-0.25, -0.2) is 9.59 Å². The van der Waals surface area contributed by atoms with E-state index in [4.69, 9.17) is 10.2 Å². The van der Waals surface area contributed by atoms with E-state index in [0.29, 0.717) is 0 Å². The van der Waals surface area contributed by atoms with E-state index in [9.17, 15) is 9.59 Å². The molecule has 0 spiro atoms. The first kappa shape index (κ1) is 10.4. The minimum atomic E-state index is -1.03. The Kier molecular flexibility index (Phi) is 2.66. The highest BCUT2D eigenvalue weighted by Gasteiger charge is 2.37. The van der Waals surface area contributed by atoms with Crippen LogP contribution in [0.2, 0.25) is 0 Å². The van der Waals surface area contributed by atoms with Crippen molar-refractivity contribution in [2.24, 2.45) is 0 Å². The molecule has 0 aromatic rings. The molecular formula is C8H12N2O4+2. The van der Waals surface area contributed by atoms with Gasteiger partial charge in [0.25, 0.3) is 0 Å². The number of nitrogens with zero attached hydrogens (tertiary/aromatic N) is 2. The molecule has 0 aliphatic carbocycles. The maximum absolute atomic E-state index is 10.6. The summed E-state index contributed by atoms with van der Waals surface area (Å²) < 4.78 is 1.47. The molecule has 0 amide bonds. The van der Waals surface area contributed by atoms with Gasteiger partial charge in [0.1, 0.15) is 7.05 Å². The third-order valence-electron chi connectivity index (χ3n) is 1.87. The summed E-state index contributed by atoms with van der Waals surface area (Å²) in [5, 5.41) is 17.3. The van der Waals surface area contributed by atoms with E-state index in [0.717, 1.165) is 0 Å². The zero-order valence-corrected chi connectivity index (χ0v) is 7.75. The Labute approximate surface area is 80.6 Å². The molecule has 1 rings (SSSR count). The molecule has 0 atom stereocenters. The molecule has 6 heteroatoms. The summed E-state index contributed by atoms with van der Waals surface area (Å²) in [6.45, 7) is -0.514. The van der Waals surface area contributed by atoms with Crippen LogP contribution < -0.4 is 0 Å². The maximum Gasteiger partial charge on any atom is 0.360 e. The van der Waals surface area contributed by atoms with E-state index >= 15 is 0 Å².